The van der Waals surface area contributed by atoms with Crippen LogP contribution in [-0.4, -0.2) is 53.9 Å². The second kappa shape index (κ2) is 9.33. The number of nitrogens with one attached hydrogen (secondary N) is 3. The molecule has 3 aliphatic rings. The van der Waals surface area contributed by atoms with Gasteiger partial charge in [0, 0.05) is 37.7 Å². The molecule has 8 heteroatoms. The SMILES string of the molecule is O=C1CCC(N2Cc3cc(O[C@@H]4CNCC[C@H]4NCc4ccccc4)ccc3C2=O)C(=O)N1. The van der Waals surface area contributed by atoms with Gasteiger partial charge in [-0.2, -0.15) is 0 Å². The average Bonchev–Trinajstić information content (AvgIpc) is 3.14. The number of benzene rings is 2. The van der Waals surface area contributed by atoms with Crippen molar-refractivity contribution in [1.29, 1.82) is 0 Å². The fourth-order valence-corrected chi connectivity index (χ4v) is 4.83. The van der Waals surface area contributed by atoms with Gasteiger partial charge in [0.25, 0.3) is 5.91 Å². The number of fused-ring (bicyclic) bond motifs is 1. The average molecular weight is 449 g/mol. The molecule has 3 atom stereocenters. The lowest BCUT2D eigenvalue weighted by molar-refractivity contribution is -0.136. The summed E-state index contributed by atoms with van der Waals surface area (Å²) in [6.45, 7) is 2.80. The van der Waals surface area contributed by atoms with Gasteiger partial charge in [-0.3, -0.25) is 19.7 Å². The summed E-state index contributed by atoms with van der Waals surface area (Å²) in [4.78, 5) is 38.2. The van der Waals surface area contributed by atoms with E-state index >= 15 is 0 Å². The number of rotatable bonds is 6. The molecule has 0 bridgehead atoms. The molecule has 33 heavy (non-hydrogen) atoms. The van der Waals surface area contributed by atoms with E-state index in [9.17, 15) is 14.4 Å². The van der Waals surface area contributed by atoms with Crippen LogP contribution in [0.3, 0.4) is 0 Å². The van der Waals surface area contributed by atoms with E-state index in [-0.39, 0.29) is 30.4 Å². The minimum atomic E-state index is -0.610. The summed E-state index contributed by atoms with van der Waals surface area (Å²) >= 11 is 0. The van der Waals surface area contributed by atoms with E-state index < -0.39 is 11.9 Å². The molecule has 0 spiro atoms. The maximum absolute atomic E-state index is 12.9. The zero-order chi connectivity index (χ0) is 22.8. The van der Waals surface area contributed by atoms with Crippen molar-refractivity contribution in [3.05, 3.63) is 65.2 Å². The first-order valence-electron chi connectivity index (χ1n) is 11.5. The molecule has 1 unspecified atom stereocenters. The predicted octanol–water partition coefficient (Wildman–Crippen LogP) is 1.35. The van der Waals surface area contributed by atoms with Crippen LogP contribution in [0.5, 0.6) is 5.75 Å². The van der Waals surface area contributed by atoms with E-state index in [1.807, 2.05) is 30.3 Å². The van der Waals surface area contributed by atoms with Crippen LogP contribution in [0.15, 0.2) is 48.5 Å². The van der Waals surface area contributed by atoms with Gasteiger partial charge >= 0.3 is 0 Å². The van der Waals surface area contributed by atoms with Crippen LogP contribution in [0.2, 0.25) is 0 Å². The maximum atomic E-state index is 12.9. The van der Waals surface area contributed by atoms with Crippen LogP contribution in [0.25, 0.3) is 0 Å². The van der Waals surface area contributed by atoms with Gasteiger partial charge in [0.1, 0.15) is 17.9 Å². The van der Waals surface area contributed by atoms with Gasteiger partial charge in [0.2, 0.25) is 11.8 Å². The summed E-state index contributed by atoms with van der Waals surface area (Å²) < 4.78 is 6.35. The molecule has 2 fully saturated rings. The zero-order valence-corrected chi connectivity index (χ0v) is 18.4. The van der Waals surface area contributed by atoms with Crippen LogP contribution < -0.4 is 20.7 Å². The molecule has 0 aliphatic carbocycles. The van der Waals surface area contributed by atoms with Gasteiger partial charge < -0.3 is 20.3 Å². The molecule has 2 saturated heterocycles. The number of hydrogen-bond acceptors (Lipinski definition) is 6. The highest BCUT2D eigenvalue weighted by Gasteiger charge is 2.39. The van der Waals surface area contributed by atoms with Crippen LogP contribution in [0.4, 0.5) is 0 Å². The molecule has 172 valence electrons. The Morgan fingerprint density at radius 3 is 2.73 bits per heavy atom. The molecule has 0 aromatic heterocycles. The summed E-state index contributed by atoms with van der Waals surface area (Å²) in [5, 5.41) is 9.37. The Morgan fingerprint density at radius 2 is 1.91 bits per heavy atom. The lowest BCUT2D eigenvalue weighted by Gasteiger charge is -2.33. The molecule has 3 heterocycles. The first kappa shape index (κ1) is 21.6. The zero-order valence-electron chi connectivity index (χ0n) is 18.4. The smallest absolute Gasteiger partial charge is 0.255 e. The van der Waals surface area contributed by atoms with E-state index in [1.54, 1.807) is 11.0 Å². The standard InChI is InChI=1S/C25H28N4O4/c30-23-9-8-21(24(31)28-23)29-15-17-12-18(6-7-19(17)25(29)32)33-22-14-26-11-10-20(22)27-13-16-4-2-1-3-5-16/h1-7,12,20-22,26-27H,8-11,13-15H2,(H,28,30,31)/t20-,21?,22-/m1/s1. The lowest BCUT2D eigenvalue weighted by atomic mass is 10.0. The van der Waals surface area contributed by atoms with E-state index in [1.165, 1.54) is 5.56 Å². The van der Waals surface area contributed by atoms with Crippen molar-refractivity contribution >= 4 is 17.7 Å². The highest BCUT2D eigenvalue weighted by Crippen LogP contribution is 2.30. The number of carbonyl (C=O) groups is 3. The summed E-state index contributed by atoms with van der Waals surface area (Å²) in [5.74, 6) is -0.142. The third-order valence-corrected chi connectivity index (χ3v) is 6.62. The highest BCUT2D eigenvalue weighted by atomic mass is 16.5. The van der Waals surface area contributed by atoms with Gasteiger partial charge in [-0.05, 0) is 48.7 Å². The van der Waals surface area contributed by atoms with Crippen LogP contribution >= 0.6 is 0 Å². The number of ether oxygens (including phenoxy) is 1. The van der Waals surface area contributed by atoms with Gasteiger partial charge in [0.15, 0.2) is 0 Å². The Balaban J connectivity index is 1.25. The minimum absolute atomic E-state index is 0.0381. The van der Waals surface area contributed by atoms with Gasteiger partial charge in [-0.25, -0.2) is 0 Å². The second-order valence-electron chi connectivity index (χ2n) is 8.84. The molecule has 3 N–H and O–H groups in total. The van der Waals surface area contributed by atoms with E-state index in [0.29, 0.717) is 24.3 Å². The van der Waals surface area contributed by atoms with E-state index in [4.69, 9.17) is 4.74 Å². The molecule has 5 rings (SSSR count). The van der Waals surface area contributed by atoms with Gasteiger partial charge in [0.05, 0.1) is 0 Å². The van der Waals surface area contributed by atoms with Crippen molar-refractivity contribution in [3.8, 4) is 5.75 Å². The minimum Gasteiger partial charge on any atom is -0.487 e. The van der Waals surface area contributed by atoms with E-state index in [2.05, 4.69) is 28.1 Å². The van der Waals surface area contributed by atoms with Gasteiger partial charge in [-0.15, -0.1) is 0 Å². The fraction of sp³-hybridized carbons (Fsp3) is 0.400. The number of piperidine rings is 2. The summed E-state index contributed by atoms with van der Waals surface area (Å²) in [7, 11) is 0. The summed E-state index contributed by atoms with van der Waals surface area (Å²) in [6.07, 6.45) is 1.53. The first-order chi connectivity index (χ1) is 16.1. The van der Waals surface area contributed by atoms with Crippen molar-refractivity contribution in [2.24, 2.45) is 0 Å². The third kappa shape index (κ3) is 4.62. The Kier molecular flexibility index (Phi) is 6.11. The molecule has 0 radical (unpaired) electrons. The van der Waals surface area contributed by atoms with Crippen molar-refractivity contribution < 1.29 is 19.1 Å². The Bertz CT molecular complexity index is 1060. The van der Waals surface area contributed by atoms with Crippen molar-refractivity contribution in [1.82, 2.24) is 20.9 Å². The number of hydrogen-bond donors (Lipinski definition) is 3. The fourth-order valence-electron chi connectivity index (χ4n) is 4.83. The van der Waals surface area contributed by atoms with Gasteiger partial charge in [-0.1, -0.05) is 30.3 Å². The molecule has 2 aromatic rings. The van der Waals surface area contributed by atoms with E-state index in [0.717, 1.165) is 31.6 Å². The maximum Gasteiger partial charge on any atom is 0.255 e. The largest absolute Gasteiger partial charge is 0.487 e. The topological polar surface area (TPSA) is 99.8 Å². The van der Waals surface area contributed by atoms with Crippen LogP contribution in [0, 0.1) is 0 Å². The van der Waals surface area contributed by atoms with Crippen LogP contribution in [-0.2, 0) is 22.7 Å². The monoisotopic (exact) mass is 448 g/mol. The molecule has 3 aliphatic heterocycles. The van der Waals surface area contributed by atoms with Crippen LogP contribution in [0.1, 0.15) is 40.7 Å². The Morgan fingerprint density at radius 1 is 1.06 bits per heavy atom. The number of imide groups is 1. The number of nitrogens with zero attached hydrogens (tertiary/aromatic N) is 1. The Labute approximate surface area is 192 Å². The molecule has 3 amide bonds. The summed E-state index contributed by atoms with van der Waals surface area (Å²) in [5.41, 5.74) is 2.67. The molecular weight excluding hydrogens is 420 g/mol. The number of amides is 3. The first-order valence-corrected chi connectivity index (χ1v) is 11.5. The molecular formula is C25H28N4O4. The molecule has 0 saturated carbocycles. The molecule has 8 nitrogen and oxygen atoms in total. The number of carbonyl (C=O) groups excluding carboxylic acids is 3. The third-order valence-electron chi connectivity index (χ3n) is 6.62. The lowest BCUT2D eigenvalue weighted by Crippen LogP contribution is -2.53. The van der Waals surface area contributed by atoms with Crippen molar-refractivity contribution in [2.45, 2.75) is 50.5 Å². The van der Waals surface area contributed by atoms with Crippen molar-refractivity contribution in [3.63, 3.8) is 0 Å². The molecule has 2 aromatic carbocycles. The quantitative estimate of drug-likeness (QED) is 0.577. The highest BCUT2D eigenvalue weighted by molar-refractivity contribution is 6.05. The normalized spacial score (nSPS) is 25.0. The Hall–Kier alpha value is -3.23. The van der Waals surface area contributed by atoms with Crippen molar-refractivity contribution in [2.75, 3.05) is 13.1 Å². The second-order valence-corrected chi connectivity index (χ2v) is 8.84. The predicted molar refractivity (Wildman–Crippen MR) is 121 cm³/mol. The summed E-state index contributed by atoms with van der Waals surface area (Å²) in [6, 6.07) is 15.4.